The summed E-state index contributed by atoms with van der Waals surface area (Å²) in [5, 5.41) is 19.1. The number of halogens is 3. The molecule has 0 bridgehead atoms. The van der Waals surface area contributed by atoms with E-state index < -0.39 is 6.36 Å². The smallest absolute Gasteiger partial charge is 0.406 e. The number of allylic oxidation sites excluding steroid dienone is 1. The molecule has 0 radical (unpaired) electrons. The molecular formula is C20H22F3N3O3. The summed E-state index contributed by atoms with van der Waals surface area (Å²) in [5.74, 6) is -0.337. The Morgan fingerprint density at radius 1 is 1.07 bits per heavy atom. The number of urea groups is 1. The fraction of sp³-hybridized carbons (Fsp3) is 0.500. The van der Waals surface area contributed by atoms with Gasteiger partial charge in [-0.1, -0.05) is 0 Å². The van der Waals surface area contributed by atoms with E-state index in [1.165, 1.54) is 24.3 Å². The van der Waals surface area contributed by atoms with Gasteiger partial charge in [-0.3, -0.25) is 0 Å². The first-order valence-corrected chi connectivity index (χ1v) is 9.47. The number of alkyl halides is 3. The van der Waals surface area contributed by atoms with Gasteiger partial charge in [0.2, 0.25) is 0 Å². The number of aliphatic hydroxyl groups is 1. The van der Waals surface area contributed by atoms with Gasteiger partial charge in [0.05, 0.1) is 17.7 Å². The molecule has 2 saturated heterocycles. The Morgan fingerprint density at radius 3 is 2.14 bits per heavy atom. The number of piperidine rings is 2. The number of carbonyl (C=O) groups excluding carboxylic acids is 1. The highest BCUT2D eigenvalue weighted by atomic mass is 19.4. The number of likely N-dealkylation sites (tertiary alicyclic amines) is 2. The fourth-order valence-electron chi connectivity index (χ4n) is 3.65. The van der Waals surface area contributed by atoms with E-state index in [1.807, 2.05) is 0 Å². The summed E-state index contributed by atoms with van der Waals surface area (Å²) >= 11 is 0. The zero-order chi connectivity index (χ0) is 21.0. The second kappa shape index (κ2) is 8.74. The van der Waals surface area contributed by atoms with Crippen LogP contribution in [0.1, 0.15) is 31.2 Å². The van der Waals surface area contributed by atoms with E-state index in [0.29, 0.717) is 63.0 Å². The predicted octanol–water partition coefficient (Wildman–Crippen LogP) is 3.53. The normalized spacial score (nSPS) is 18.4. The number of nitriles is 1. The summed E-state index contributed by atoms with van der Waals surface area (Å²) in [4.78, 5) is 16.1. The van der Waals surface area contributed by atoms with Crippen LogP contribution in [-0.2, 0) is 0 Å². The van der Waals surface area contributed by atoms with Crippen LogP contribution in [0.2, 0.25) is 0 Å². The van der Waals surface area contributed by atoms with Crippen LogP contribution < -0.4 is 4.74 Å². The van der Waals surface area contributed by atoms with Crippen molar-refractivity contribution < 1.29 is 27.8 Å². The highest BCUT2D eigenvalue weighted by Crippen LogP contribution is 2.29. The van der Waals surface area contributed by atoms with Crippen LogP contribution in [-0.4, -0.2) is 59.6 Å². The van der Waals surface area contributed by atoms with Gasteiger partial charge in [-0.2, -0.15) is 5.26 Å². The summed E-state index contributed by atoms with van der Waals surface area (Å²) in [5.41, 5.74) is 1.84. The van der Waals surface area contributed by atoms with Gasteiger partial charge in [-0.25, -0.2) is 4.79 Å². The quantitative estimate of drug-likeness (QED) is 0.758. The van der Waals surface area contributed by atoms with Crippen LogP contribution in [0, 0.1) is 11.3 Å². The number of benzene rings is 1. The Kier molecular flexibility index (Phi) is 6.33. The van der Waals surface area contributed by atoms with Crippen molar-refractivity contribution in [3.8, 4) is 11.8 Å². The minimum absolute atomic E-state index is 0.0527. The van der Waals surface area contributed by atoms with E-state index in [-0.39, 0.29) is 17.9 Å². The van der Waals surface area contributed by atoms with Crippen molar-refractivity contribution in [2.75, 3.05) is 26.2 Å². The lowest BCUT2D eigenvalue weighted by Crippen LogP contribution is -2.49. The molecule has 3 rings (SSSR count). The minimum atomic E-state index is -4.76. The molecule has 1 N–H and O–H groups in total. The maximum absolute atomic E-state index is 12.6. The summed E-state index contributed by atoms with van der Waals surface area (Å²) in [6.07, 6.45) is -2.88. The number of hydrogen-bond acceptors (Lipinski definition) is 4. The molecule has 0 atom stereocenters. The first-order chi connectivity index (χ1) is 13.8. The number of rotatable bonds is 2. The Bertz CT molecular complexity index is 797. The second-order valence-corrected chi connectivity index (χ2v) is 7.15. The van der Waals surface area contributed by atoms with E-state index in [1.54, 1.807) is 9.80 Å². The van der Waals surface area contributed by atoms with Crippen molar-refractivity contribution in [3.05, 3.63) is 35.4 Å². The van der Waals surface area contributed by atoms with Crippen LogP contribution in [0.3, 0.4) is 0 Å². The Hall–Kier alpha value is -2.73. The van der Waals surface area contributed by atoms with Gasteiger partial charge in [0.15, 0.2) is 0 Å². The largest absolute Gasteiger partial charge is 0.573 e. The average Bonchev–Trinajstić information content (AvgIpc) is 2.69. The van der Waals surface area contributed by atoms with E-state index >= 15 is 0 Å². The Labute approximate surface area is 166 Å². The number of amides is 2. The van der Waals surface area contributed by atoms with E-state index in [2.05, 4.69) is 10.8 Å². The SMILES string of the molecule is N#CC(=C1CCN(C(=O)N2CCC(O)CC2)CC1)c1ccc(OC(F)(F)F)cc1. The molecule has 0 aromatic heterocycles. The summed E-state index contributed by atoms with van der Waals surface area (Å²) in [7, 11) is 0. The molecule has 2 fully saturated rings. The van der Waals surface area contributed by atoms with Gasteiger partial charge >= 0.3 is 12.4 Å². The minimum Gasteiger partial charge on any atom is -0.406 e. The first kappa shape index (κ1) is 21.0. The maximum Gasteiger partial charge on any atom is 0.573 e. The van der Waals surface area contributed by atoms with Gasteiger partial charge in [0.1, 0.15) is 5.75 Å². The first-order valence-electron chi connectivity index (χ1n) is 9.47. The molecule has 2 amide bonds. The lowest BCUT2D eigenvalue weighted by Gasteiger charge is -2.36. The molecule has 2 aliphatic rings. The number of aliphatic hydroxyl groups excluding tert-OH is 1. The van der Waals surface area contributed by atoms with Gasteiger partial charge in [-0.05, 0) is 61.1 Å². The molecule has 0 unspecified atom stereocenters. The van der Waals surface area contributed by atoms with E-state index in [9.17, 15) is 28.3 Å². The zero-order valence-electron chi connectivity index (χ0n) is 15.8. The lowest BCUT2D eigenvalue weighted by molar-refractivity contribution is -0.274. The number of nitrogens with zero attached hydrogens (tertiary/aromatic N) is 3. The van der Waals surface area contributed by atoms with Crippen molar-refractivity contribution in [2.24, 2.45) is 0 Å². The fourth-order valence-corrected chi connectivity index (χ4v) is 3.65. The molecule has 156 valence electrons. The monoisotopic (exact) mass is 409 g/mol. The molecule has 1 aromatic rings. The third-order valence-corrected chi connectivity index (χ3v) is 5.21. The molecule has 2 heterocycles. The summed E-state index contributed by atoms with van der Waals surface area (Å²) in [6.45, 7) is 2.03. The third kappa shape index (κ3) is 5.41. The second-order valence-electron chi connectivity index (χ2n) is 7.15. The molecule has 1 aromatic carbocycles. The molecule has 9 heteroatoms. The van der Waals surface area contributed by atoms with Crippen LogP contribution in [0.4, 0.5) is 18.0 Å². The summed E-state index contributed by atoms with van der Waals surface area (Å²) < 4.78 is 40.7. The summed E-state index contributed by atoms with van der Waals surface area (Å²) in [6, 6.07) is 7.33. The van der Waals surface area contributed by atoms with E-state index in [4.69, 9.17) is 0 Å². The van der Waals surface area contributed by atoms with Crippen molar-refractivity contribution in [1.29, 1.82) is 5.26 Å². The standard InChI is InChI=1S/C20H22F3N3O3/c21-20(22,23)29-17-3-1-14(2-4-17)18(13-24)15-5-9-25(10-6-15)19(28)26-11-7-16(27)8-12-26/h1-4,16,27H,5-12H2. The van der Waals surface area contributed by atoms with Gasteiger partial charge in [0, 0.05) is 26.2 Å². The number of ether oxygens (including phenoxy) is 1. The highest BCUT2D eigenvalue weighted by molar-refractivity contribution is 5.80. The van der Waals surface area contributed by atoms with Crippen molar-refractivity contribution >= 4 is 11.6 Å². The van der Waals surface area contributed by atoms with Crippen LogP contribution in [0.5, 0.6) is 5.75 Å². The Morgan fingerprint density at radius 2 is 1.62 bits per heavy atom. The van der Waals surface area contributed by atoms with Crippen molar-refractivity contribution in [1.82, 2.24) is 9.80 Å². The van der Waals surface area contributed by atoms with Crippen molar-refractivity contribution in [3.63, 3.8) is 0 Å². The number of hydrogen-bond donors (Lipinski definition) is 1. The van der Waals surface area contributed by atoms with Crippen LogP contribution >= 0.6 is 0 Å². The predicted molar refractivity (Wildman–Crippen MR) is 98.7 cm³/mol. The molecular weight excluding hydrogens is 387 g/mol. The van der Waals surface area contributed by atoms with Gasteiger partial charge in [-0.15, -0.1) is 13.2 Å². The molecule has 0 aliphatic carbocycles. The van der Waals surface area contributed by atoms with Crippen LogP contribution in [0.15, 0.2) is 29.8 Å². The topological polar surface area (TPSA) is 76.8 Å². The molecule has 2 aliphatic heterocycles. The lowest BCUT2D eigenvalue weighted by atomic mass is 9.94. The van der Waals surface area contributed by atoms with Gasteiger partial charge < -0.3 is 19.6 Å². The molecule has 0 saturated carbocycles. The number of carbonyl (C=O) groups is 1. The van der Waals surface area contributed by atoms with Gasteiger partial charge in [0.25, 0.3) is 0 Å². The maximum atomic E-state index is 12.6. The molecule has 6 nitrogen and oxygen atoms in total. The van der Waals surface area contributed by atoms with E-state index in [0.717, 1.165) is 5.57 Å². The van der Waals surface area contributed by atoms with Crippen molar-refractivity contribution in [2.45, 2.75) is 38.1 Å². The zero-order valence-corrected chi connectivity index (χ0v) is 15.8. The highest BCUT2D eigenvalue weighted by Gasteiger charge is 2.31. The average molecular weight is 409 g/mol. The Balaban J connectivity index is 1.64. The molecule has 29 heavy (non-hydrogen) atoms. The van der Waals surface area contributed by atoms with Crippen LogP contribution in [0.25, 0.3) is 5.57 Å². The molecule has 0 spiro atoms. The third-order valence-electron chi connectivity index (χ3n) is 5.21.